The summed E-state index contributed by atoms with van der Waals surface area (Å²) >= 11 is 0. The van der Waals surface area contributed by atoms with E-state index >= 15 is 0 Å². The summed E-state index contributed by atoms with van der Waals surface area (Å²) in [5.74, 6) is 0.902. The maximum Gasteiger partial charge on any atom is 0.238 e. The maximum absolute atomic E-state index is 10.5. The Hall–Kier alpha value is -0.530. The molecule has 0 aromatic carbocycles. The van der Waals surface area contributed by atoms with Gasteiger partial charge in [0.1, 0.15) is 0 Å². The summed E-state index contributed by atoms with van der Waals surface area (Å²) in [5, 5.41) is 3.87. The van der Waals surface area contributed by atoms with E-state index in [1.165, 1.54) is 45.4 Å². The van der Waals surface area contributed by atoms with Crippen LogP contribution in [0.25, 0.3) is 0 Å². The third kappa shape index (κ3) is 4.91. The molecule has 1 aliphatic rings. The topological polar surface area (TPSA) is 31.2 Å². The quantitative estimate of drug-likeness (QED) is 0.614. The Kier molecular flexibility index (Phi) is 4.87. The molecule has 1 radical (unpaired) electrons. The van der Waals surface area contributed by atoms with Gasteiger partial charge in [-0.25, -0.2) is 0 Å². The molecular weight excluding hydrogens is 162 g/mol. The monoisotopic (exact) mass is 182 g/mol. The first-order valence-corrected chi connectivity index (χ1v) is 5.47. The van der Waals surface area contributed by atoms with Gasteiger partial charge in [0.2, 0.25) is 5.91 Å². The predicted molar refractivity (Wildman–Crippen MR) is 53.5 cm³/mol. The molecule has 0 saturated heterocycles. The van der Waals surface area contributed by atoms with Crippen LogP contribution in [0.5, 0.6) is 0 Å². The van der Waals surface area contributed by atoms with Gasteiger partial charge >= 0.3 is 0 Å². The van der Waals surface area contributed by atoms with Crippen LogP contribution in [0.15, 0.2) is 0 Å². The molecule has 2 heteroatoms. The minimum Gasteiger partial charge on any atom is -0.273 e. The fourth-order valence-corrected chi connectivity index (χ4v) is 2.09. The minimum absolute atomic E-state index is 0.0244. The van der Waals surface area contributed by atoms with Crippen LogP contribution in [-0.2, 0) is 4.79 Å². The van der Waals surface area contributed by atoms with Crippen molar-refractivity contribution in [1.29, 1.82) is 0 Å². The second-order valence-corrected chi connectivity index (χ2v) is 4.05. The Morgan fingerprint density at radius 3 is 2.62 bits per heavy atom. The van der Waals surface area contributed by atoms with Crippen molar-refractivity contribution < 1.29 is 4.79 Å². The molecule has 2 nitrogen and oxygen atoms in total. The highest BCUT2D eigenvalue weighted by Crippen LogP contribution is 2.26. The zero-order valence-electron chi connectivity index (χ0n) is 8.59. The summed E-state index contributed by atoms with van der Waals surface area (Å²) in [6.07, 6.45) is 9.43. The van der Waals surface area contributed by atoms with Crippen LogP contribution in [0.4, 0.5) is 0 Å². The number of hydrogen-bond acceptors (Lipinski definition) is 1. The molecule has 1 saturated carbocycles. The number of carbonyl (C=O) groups excluding carboxylic acids is 1. The molecule has 0 heterocycles. The van der Waals surface area contributed by atoms with Crippen molar-refractivity contribution in [1.82, 2.24) is 5.32 Å². The van der Waals surface area contributed by atoms with Gasteiger partial charge in [-0.2, -0.15) is 0 Å². The molecule has 1 rings (SSSR count). The second-order valence-electron chi connectivity index (χ2n) is 4.05. The van der Waals surface area contributed by atoms with Crippen LogP contribution in [0.1, 0.15) is 51.9 Å². The first kappa shape index (κ1) is 10.6. The van der Waals surface area contributed by atoms with Crippen LogP contribution in [0, 0.1) is 5.92 Å². The third-order valence-electron chi connectivity index (χ3n) is 2.83. The highest BCUT2D eigenvalue weighted by atomic mass is 16.1. The van der Waals surface area contributed by atoms with Crippen molar-refractivity contribution in [2.24, 2.45) is 5.92 Å². The van der Waals surface area contributed by atoms with Gasteiger partial charge in [0, 0.05) is 13.5 Å². The van der Waals surface area contributed by atoms with Gasteiger partial charge in [-0.15, -0.1) is 0 Å². The summed E-state index contributed by atoms with van der Waals surface area (Å²) in [5.41, 5.74) is 0. The smallest absolute Gasteiger partial charge is 0.238 e. The Balaban J connectivity index is 1.95. The Bertz CT molecular complexity index is 150. The van der Waals surface area contributed by atoms with Crippen molar-refractivity contribution >= 4 is 5.91 Å². The Morgan fingerprint density at radius 1 is 1.31 bits per heavy atom. The first-order valence-electron chi connectivity index (χ1n) is 5.47. The summed E-state index contributed by atoms with van der Waals surface area (Å²) < 4.78 is 0. The number of carbonyl (C=O) groups is 1. The predicted octanol–water partition coefficient (Wildman–Crippen LogP) is 2.50. The van der Waals surface area contributed by atoms with Crippen LogP contribution < -0.4 is 5.32 Å². The molecule has 1 amide bonds. The van der Waals surface area contributed by atoms with Crippen LogP contribution in [-0.4, -0.2) is 12.5 Å². The molecule has 0 spiro atoms. The van der Waals surface area contributed by atoms with E-state index in [1.807, 2.05) is 0 Å². The van der Waals surface area contributed by atoms with E-state index in [-0.39, 0.29) is 5.91 Å². The molecule has 0 aromatic heterocycles. The van der Waals surface area contributed by atoms with Gasteiger partial charge in [0.25, 0.3) is 0 Å². The van der Waals surface area contributed by atoms with Crippen molar-refractivity contribution in [3.05, 3.63) is 0 Å². The van der Waals surface area contributed by atoms with E-state index in [2.05, 4.69) is 5.32 Å². The fraction of sp³-hybridized carbons (Fsp3) is 0.909. The van der Waals surface area contributed by atoms with Crippen LogP contribution in [0.3, 0.4) is 0 Å². The average molecular weight is 182 g/mol. The van der Waals surface area contributed by atoms with Gasteiger partial charge in [-0.3, -0.25) is 10.1 Å². The minimum atomic E-state index is -0.0244. The van der Waals surface area contributed by atoms with Gasteiger partial charge in [0.05, 0.1) is 0 Å². The lowest BCUT2D eigenvalue weighted by atomic mass is 9.86. The van der Waals surface area contributed by atoms with Crippen LogP contribution in [0.2, 0.25) is 0 Å². The highest BCUT2D eigenvalue weighted by molar-refractivity contribution is 5.72. The Morgan fingerprint density at radius 2 is 2.00 bits per heavy atom. The zero-order chi connectivity index (χ0) is 9.52. The summed E-state index contributed by atoms with van der Waals surface area (Å²) in [6, 6.07) is 0. The number of rotatable bonds is 4. The van der Waals surface area contributed by atoms with Crippen molar-refractivity contribution in [3.63, 3.8) is 0 Å². The van der Waals surface area contributed by atoms with Gasteiger partial charge in [0.15, 0.2) is 0 Å². The molecule has 0 aliphatic heterocycles. The third-order valence-corrected chi connectivity index (χ3v) is 2.83. The van der Waals surface area contributed by atoms with Gasteiger partial charge in [-0.05, 0) is 18.8 Å². The summed E-state index contributed by atoms with van der Waals surface area (Å²) in [7, 11) is 0. The summed E-state index contributed by atoms with van der Waals surface area (Å²) in [4.78, 5) is 10.5. The largest absolute Gasteiger partial charge is 0.273 e. The van der Waals surface area contributed by atoms with Crippen molar-refractivity contribution in [3.8, 4) is 0 Å². The van der Waals surface area contributed by atoms with Crippen molar-refractivity contribution in [2.45, 2.75) is 51.9 Å². The molecular formula is C11H20NO. The van der Waals surface area contributed by atoms with E-state index in [9.17, 15) is 4.79 Å². The fourth-order valence-electron chi connectivity index (χ4n) is 2.09. The molecule has 1 fully saturated rings. The highest BCUT2D eigenvalue weighted by Gasteiger charge is 2.12. The zero-order valence-corrected chi connectivity index (χ0v) is 8.59. The molecule has 0 atom stereocenters. The second kappa shape index (κ2) is 6.01. The SMILES string of the molecule is CC(=O)[N]CCCC1CCCCC1. The maximum atomic E-state index is 10.5. The van der Waals surface area contributed by atoms with E-state index < -0.39 is 0 Å². The lowest BCUT2D eigenvalue weighted by Gasteiger charge is -2.20. The first-order chi connectivity index (χ1) is 6.29. The van der Waals surface area contributed by atoms with Gasteiger partial charge in [-0.1, -0.05) is 32.1 Å². The molecule has 13 heavy (non-hydrogen) atoms. The Labute approximate surface area is 81.1 Å². The number of nitrogens with zero attached hydrogens (tertiary/aromatic N) is 1. The molecule has 75 valence electrons. The number of amides is 1. The average Bonchev–Trinajstić information content (AvgIpc) is 2.14. The molecule has 0 aromatic rings. The van der Waals surface area contributed by atoms with Gasteiger partial charge < -0.3 is 0 Å². The lowest BCUT2D eigenvalue weighted by molar-refractivity contribution is -0.119. The van der Waals surface area contributed by atoms with Crippen LogP contribution >= 0.6 is 0 Å². The van der Waals surface area contributed by atoms with E-state index in [1.54, 1.807) is 0 Å². The molecule has 0 bridgehead atoms. The van der Waals surface area contributed by atoms with Crippen molar-refractivity contribution in [2.75, 3.05) is 6.54 Å². The van der Waals surface area contributed by atoms with E-state index in [4.69, 9.17) is 0 Å². The number of hydrogen-bond donors (Lipinski definition) is 0. The molecule has 0 N–H and O–H groups in total. The summed E-state index contributed by atoms with van der Waals surface area (Å²) in [6.45, 7) is 2.27. The van der Waals surface area contributed by atoms with E-state index in [0.29, 0.717) is 0 Å². The standard InChI is InChI=1S/C11H20NO/c1-10(13)12-9-5-8-11-6-3-2-4-7-11/h11H,2-9H2,1H3. The normalized spacial score (nSPS) is 18.5. The lowest BCUT2D eigenvalue weighted by Crippen LogP contribution is -2.14. The molecule has 1 aliphatic carbocycles. The van der Waals surface area contributed by atoms with E-state index in [0.717, 1.165) is 18.9 Å². The molecule has 0 unspecified atom stereocenters.